The SMILES string of the molecule is CB[C@H]1CCC[C@H]2C(=O)O[C@H](C)[C@@H]12. The fraction of sp³-hybridized carbons (Fsp3) is 0.900. The molecule has 2 rings (SSSR count). The number of hydrogen-bond acceptors (Lipinski definition) is 2. The number of esters is 1. The molecule has 0 amide bonds. The van der Waals surface area contributed by atoms with Crippen molar-refractivity contribution in [3.63, 3.8) is 0 Å². The van der Waals surface area contributed by atoms with Crippen LogP contribution in [-0.2, 0) is 9.53 Å². The lowest BCUT2D eigenvalue weighted by molar-refractivity contribution is -0.143. The highest BCUT2D eigenvalue weighted by Crippen LogP contribution is 2.45. The molecule has 0 spiro atoms. The van der Waals surface area contributed by atoms with E-state index in [1.165, 1.54) is 20.1 Å². The minimum absolute atomic E-state index is 0.0654. The normalized spacial score (nSPS) is 44.0. The Balaban J connectivity index is 2.17. The quantitative estimate of drug-likeness (QED) is 0.452. The number of carbonyl (C=O) groups excluding carboxylic acids is 1. The fourth-order valence-corrected chi connectivity index (χ4v) is 3.12. The van der Waals surface area contributed by atoms with E-state index in [0.29, 0.717) is 5.92 Å². The van der Waals surface area contributed by atoms with Crippen LogP contribution in [-0.4, -0.2) is 19.4 Å². The second-order valence-corrected chi connectivity index (χ2v) is 4.43. The van der Waals surface area contributed by atoms with Crippen molar-refractivity contribution in [3.8, 4) is 0 Å². The van der Waals surface area contributed by atoms with E-state index in [1.54, 1.807) is 0 Å². The Labute approximate surface area is 80.3 Å². The van der Waals surface area contributed by atoms with Gasteiger partial charge in [-0.2, -0.15) is 0 Å². The third-order valence-corrected chi connectivity index (χ3v) is 3.77. The van der Waals surface area contributed by atoms with Crippen LogP contribution in [0.3, 0.4) is 0 Å². The Kier molecular flexibility index (Phi) is 2.35. The first-order chi connectivity index (χ1) is 6.24. The molecule has 0 bridgehead atoms. The van der Waals surface area contributed by atoms with Crippen LogP contribution in [0.25, 0.3) is 0 Å². The number of rotatable bonds is 1. The molecule has 1 heterocycles. The van der Waals surface area contributed by atoms with Gasteiger partial charge in [0.2, 0.25) is 0 Å². The molecule has 0 aromatic carbocycles. The summed E-state index contributed by atoms with van der Waals surface area (Å²) in [5, 5.41) is 0. The lowest BCUT2D eigenvalue weighted by atomic mass is 9.53. The first-order valence-electron chi connectivity index (χ1n) is 5.44. The maximum Gasteiger partial charge on any atom is 0.309 e. The van der Waals surface area contributed by atoms with Gasteiger partial charge in [0.25, 0.3) is 0 Å². The van der Waals surface area contributed by atoms with E-state index in [0.717, 1.165) is 12.2 Å². The predicted molar refractivity (Wildman–Crippen MR) is 53.1 cm³/mol. The predicted octanol–water partition coefficient (Wildman–Crippen LogP) is 1.62. The van der Waals surface area contributed by atoms with Crippen LogP contribution in [0.15, 0.2) is 0 Å². The van der Waals surface area contributed by atoms with Gasteiger partial charge in [0.15, 0.2) is 0 Å². The van der Waals surface area contributed by atoms with Crippen molar-refractivity contribution in [1.82, 2.24) is 0 Å². The summed E-state index contributed by atoms with van der Waals surface area (Å²) >= 11 is 0. The van der Waals surface area contributed by atoms with Crippen LogP contribution in [0, 0.1) is 11.8 Å². The van der Waals surface area contributed by atoms with E-state index in [-0.39, 0.29) is 18.0 Å². The number of cyclic esters (lactones) is 1. The molecule has 0 aromatic heterocycles. The topological polar surface area (TPSA) is 26.3 Å². The molecule has 1 aliphatic heterocycles. The Morgan fingerprint density at radius 3 is 2.92 bits per heavy atom. The average molecular weight is 180 g/mol. The molecule has 0 aromatic rings. The van der Waals surface area contributed by atoms with E-state index < -0.39 is 0 Å². The largest absolute Gasteiger partial charge is 0.462 e. The van der Waals surface area contributed by atoms with Crippen molar-refractivity contribution >= 4 is 13.2 Å². The highest BCUT2D eigenvalue weighted by Gasteiger charge is 2.47. The third kappa shape index (κ3) is 1.38. The molecule has 1 saturated carbocycles. The summed E-state index contributed by atoms with van der Waals surface area (Å²) in [6.45, 7) is 4.28. The molecule has 1 saturated heterocycles. The van der Waals surface area contributed by atoms with Crippen LogP contribution in [0.2, 0.25) is 12.6 Å². The zero-order valence-electron chi connectivity index (χ0n) is 8.45. The van der Waals surface area contributed by atoms with E-state index in [1.807, 2.05) is 0 Å². The standard InChI is InChI=1S/C10H17BO2/c1-6-9-7(10(12)13-6)4-3-5-8(9)11-2/h6-9,11H,3-5H2,1-2H3/t6-,7-,8+,9-/m1/s1. The second kappa shape index (κ2) is 3.35. The van der Waals surface area contributed by atoms with Gasteiger partial charge in [-0.15, -0.1) is 0 Å². The number of fused-ring (bicyclic) bond motifs is 1. The fourth-order valence-electron chi connectivity index (χ4n) is 3.12. The van der Waals surface area contributed by atoms with Gasteiger partial charge in [-0.25, -0.2) is 0 Å². The van der Waals surface area contributed by atoms with Gasteiger partial charge in [0.05, 0.1) is 5.92 Å². The van der Waals surface area contributed by atoms with E-state index in [4.69, 9.17) is 4.74 Å². The Morgan fingerprint density at radius 1 is 1.46 bits per heavy atom. The summed E-state index contributed by atoms with van der Waals surface area (Å²) in [6, 6.07) is 0. The van der Waals surface area contributed by atoms with Crippen LogP contribution in [0.4, 0.5) is 0 Å². The van der Waals surface area contributed by atoms with E-state index in [2.05, 4.69) is 13.7 Å². The molecule has 4 atom stereocenters. The van der Waals surface area contributed by atoms with Crippen molar-refractivity contribution in [2.45, 2.75) is 44.9 Å². The molecule has 2 nitrogen and oxygen atoms in total. The first-order valence-corrected chi connectivity index (χ1v) is 5.44. The van der Waals surface area contributed by atoms with Gasteiger partial charge in [-0.3, -0.25) is 4.79 Å². The molecular formula is C10H17BO2. The Bertz CT molecular complexity index is 217. The van der Waals surface area contributed by atoms with Gasteiger partial charge in [-0.05, 0) is 13.3 Å². The molecule has 0 N–H and O–H groups in total. The van der Waals surface area contributed by atoms with Gasteiger partial charge >= 0.3 is 5.97 Å². The molecule has 72 valence electrons. The Morgan fingerprint density at radius 2 is 2.23 bits per heavy atom. The molecule has 2 fully saturated rings. The van der Waals surface area contributed by atoms with Gasteiger partial charge in [0, 0.05) is 5.92 Å². The summed E-state index contributed by atoms with van der Waals surface area (Å²) in [4.78, 5) is 11.5. The van der Waals surface area contributed by atoms with Crippen molar-refractivity contribution < 1.29 is 9.53 Å². The zero-order chi connectivity index (χ0) is 9.42. The lowest BCUT2D eigenvalue weighted by Crippen LogP contribution is -2.30. The summed E-state index contributed by atoms with van der Waals surface area (Å²) in [6.07, 6.45) is 3.73. The van der Waals surface area contributed by atoms with Crippen LogP contribution < -0.4 is 0 Å². The molecule has 3 heteroatoms. The minimum atomic E-state index is 0.0654. The average Bonchev–Trinajstić information content (AvgIpc) is 2.43. The first kappa shape index (κ1) is 9.10. The van der Waals surface area contributed by atoms with Crippen molar-refractivity contribution in [3.05, 3.63) is 0 Å². The molecule has 2 aliphatic rings. The number of hydrogen-bond donors (Lipinski definition) is 0. The smallest absolute Gasteiger partial charge is 0.309 e. The number of carbonyl (C=O) groups is 1. The van der Waals surface area contributed by atoms with Crippen molar-refractivity contribution in [2.24, 2.45) is 11.8 Å². The molecule has 1 aliphatic carbocycles. The minimum Gasteiger partial charge on any atom is -0.462 e. The van der Waals surface area contributed by atoms with Crippen molar-refractivity contribution in [1.29, 1.82) is 0 Å². The molecule has 0 unspecified atom stereocenters. The van der Waals surface area contributed by atoms with Gasteiger partial charge in [0.1, 0.15) is 13.4 Å². The second-order valence-electron chi connectivity index (χ2n) is 4.43. The summed E-state index contributed by atoms with van der Waals surface area (Å²) < 4.78 is 5.30. The Hall–Kier alpha value is -0.465. The molecule has 13 heavy (non-hydrogen) atoms. The summed E-state index contributed by atoms with van der Waals surface area (Å²) in [7, 11) is 1.20. The van der Waals surface area contributed by atoms with Gasteiger partial charge in [-0.1, -0.05) is 25.5 Å². The monoisotopic (exact) mass is 180 g/mol. The molecule has 0 radical (unpaired) electrons. The van der Waals surface area contributed by atoms with Crippen LogP contribution >= 0.6 is 0 Å². The van der Waals surface area contributed by atoms with Crippen LogP contribution in [0.5, 0.6) is 0 Å². The van der Waals surface area contributed by atoms with Crippen molar-refractivity contribution in [2.75, 3.05) is 0 Å². The van der Waals surface area contributed by atoms with E-state index >= 15 is 0 Å². The summed E-state index contributed by atoms with van der Waals surface area (Å²) in [5.74, 6) is 1.54. The van der Waals surface area contributed by atoms with Gasteiger partial charge < -0.3 is 4.74 Å². The third-order valence-electron chi connectivity index (χ3n) is 3.77. The molecular weight excluding hydrogens is 163 g/mol. The maximum absolute atomic E-state index is 11.5. The van der Waals surface area contributed by atoms with Crippen LogP contribution in [0.1, 0.15) is 26.2 Å². The lowest BCUT2D eigenvalue weighted by Gasteiger charge is -2.31. The zero-order valence-corrected chi connectivity index (χ0v) is 8.45. The maximum atomic E-state index is 11.5. The highest BCUT2D eigenvalue weighted by atomic mass is 16.6. The van der Waals surface area contributed by atoms with E-state index in [9.17, 15) is 4.79 Å². The number of ether oxygens (including phenoxy) is 1. The highest BCUT2D eigenvalue weighted by molar-refractivity contribution is 6.35. The summed E-state index contributed by atoms with van der Waals surface area (Å²) in [5.41, 5.74) is 0.